The van der Waals surface area contributed by atoms with E-state index >= 15 is 0 Å². The molecule has 132 valence electrons. The van der Waals surface area contributed by atoms with Gasteiger partial charge in [0.05, 0.1) is 6.61 Å². The number of benzene rings is 1. The van der Waals surface area contributed by atoms with Crippen LogP contribution in [0.1, 0.15) is 21.6 Å². The Morgan fingerprint density at radius 3 is 2.58 bits per heavy atom. The first-order chi connectivity index (χ1) is 12.6. The number of aryl methyl sites for hydroxylation is 1. The maximum Gasteiger partial charge on any atom is 0.341 e. The fourth-order valence-corrected chi connectivity index (χ4v) is 2.61. The number of aromatic nitrogens is 2. The van der Waals surface area contributed by atoms with E-state index in [9.17, 15) is 14.7 Å². The SMILES string of the molecule is Cc1ccn(-c2ccc(OCCc3ccccn3)cc2)c(=O)c1C(=O)O. The molecule has 0 saturated carbocycles. The molecular formula is C20H18N2O4. The lowest BCUT2D eigenvalue weighted by Crippen LogP contribution is -2.25. The summed E-state index contributed by atoms with van der Waals surface area (Å²) in [4.78, 5) is 27.9. The minimum Gasteiger partial charge on any atom is -0.493 e. The van der Waals surface area contributed by atoms with Crippen LogP contribution in [0.2, 0.25) is 0 Å². The number of carboxylic acids is 1. The molecule has 6 heteroatoms. The minimum atomic E-state index is -1.23. The first-order valence-corrected chi connectivity index (χ1v) is 8.15. The number of carboxylic acid groups (broad SMARTS) is 1. The highest BCUT2D eigenvalue weighted by Gasteiger charge is 2.15. The number of hydrogen-bond acceptors (Lipinski definition) is 4. The zero-order valence-corrected chi connectivity index (χ0v) is 14.3. The number of carbonyl (C=O) groups is 1. The lowest BCUT2D eigenvalue weighted by atomic mass is 10.1. The molecule has 2 heterocycles. The van der Waals surface area contributed by atoms with E-state index in [1.54, 1.807) is 49.6 Å². The molecule has 0 unspecified atom stereocenters. The van der Waals surface area contributed by atoms with Gasteiger partial charge in [-0.3, -0.25) is 14.3 Å². The van der Waals surface area contributed by atoms with E-state index in [0.717, 1.165) is 5.69 Å². The normalized spacial score (nSPS) is 10.5. The second-order valence-electron chi connectivity index (χ2n) is 5.77. The minimum absolute atomic E-state index is 0.219. The van der Waals surface area contributed by atoms with Crippen LogP contribution >= 0.6 is 0 Å². The third-order valence-electron chi connectivity index (χ3n) is 3.98. The molecule has 26 heavy (non-hydrogen) atoms. The summed E-state index contributed by atoms with van der Waals surface area (Å²) in [6.45, 7) is 2.09. The first-order valence-electron chi connectivity index (χ1n) is 8.15. The van der Waals surface area contributed by atoms with E-state index < -0.39 is 11.5 Å². The van der Waals surface area contributed by atoms with Crippen molar-refractivity contribution < 1.29 is 14.6 Å². The Morgan fingerprint density at radius 1 is 1.15 bits per heavy atom. The Morgan fingerprint density at radius 2 is 1.92 bits per heavy atom. The lowest BCUT2D eigenvalue weighted by molar-refractivity contribution is 0.0693. The van der Waals surface area contributed by atoms with Crippen LogP contribution in [0.25, 0.3) is 5.69 Å². The monoisotopic (exact) mass is 350 g/mol. The van der Waals surface area contributed by atoms with E-state index in [1.807, 2.05) is 18.2 Å². The zero-order chi connectivity index (χ0) is 18.5. The van der Waals surface area contributed by atoms with Crippen molar-refractivity contribution in [3.8, 4) is 11.4 Å². The van der Waals surface area contributed by atoms with Crippen LogP contribution in [-0.4, -0.2) is 27.2 Å². The molecule has 0 bridgehead atoms. The van der Waals surface area contributed by atoms with Gasteiger partial charge in [-0.1, -0.05) is 6.07 Å². The first kappa shape index (κ1) is 17.4. The molecule has 1 N–H and O–H groups in total. The van der Waals surface area contributed by atoms with Crippen molar-refractivity contribution in [3.63, 3.8) is 0 Å². The van der Waals surface area contributed by atoms with Gasteiger partial charge in [-0.15, -0.1) is 0 Å². The lowest BCUT2D eigenvalue weighted by Gasteiger charge is -2.10. The molecule has 0 aliphatic heterocycles. The van der Waals surface area contributed by atoms with E-state index in [4.69, 9.17) is 4.74 Å². The highest BCUT2D eigenvalue weighted by atomic mass is 16.5. The number of nitrogens with zero attached hydrogens (tertiary/aromatic N) is 2. The largest absolute Gasteiger partial charge is 0.493 e. The number of rotatable bonds is 6. The Kier molecular flexibility index (Phi) is 5.12. The summed E-state index contributed by atoms with van der Waals surface area (Å²) in [6.07, 6.45) is 4.01. The van der Waals surface area contributed by atoms with Crippen molar-refractivity contribution >= 4 is 5.97 Å². The van der Waals surface area contributed by atoms with Gasteiger partial charge in [-0.2, -0.15) is 0 Å². The number of ether oxygens (including phenoxy) is 1. The van der Waals surface area contributed by atoms with Crippen molar-refractivity contribution in [2.45, 2.75) is 13.3 Å². The third kappa shape index (κ3) is 3.80. The Labute approximate surface area is 150 Å². The van der Waals surface area contributed by atoms with Gasteiger partial charge in [0.1, 0.15) is 11.3 Å². The van der Waals surface area contributed by atoms with Gasteiger partial charge < -0.3 is 9.84 Å². The smallest absolute Gasteiger partial charge is 0.341 e. The van der Waals surface area contributed by atoms with Crippen molar-refractivity contribution in [1.29, 1.82) is 0 Å². The summed E-state index contributed by atoms with van der Waals surface area (Å²) in [5, 5.41) is 9.21. The summed E-state index contributed by atoms with van der Waals surface area (Å²) >= 11 is 0. The maximum atomic E-state index is 12.4. The Bertz CT molecular complexity index is 963. The molecule has 0 aliphatic carbocycles. The molecule has 2 aromatic heterocycles. The molecule has 0 saturated heterocycles. The summed E-state index contributed by atoms with van der Waals surface area (Å²) in [5.74, 6) is -0.556. The molecular weight excluding hydrogens is 332 g/mol. The second kappa shape index (κ2) is 7.65. The van der Waals surface area contributed by atoms with Gasteiger partial charge in [0.25, 0.3) is 5.56 Å². The molecule has 0 atom stereocenters. The average molecular weight is 350 g/mol. The van der Waals surface area contributed by atoms with Gasteiger partial charge in [-0.05, 0) is 55.0 Å². The maximum absolute atomic E-state index is 12.4. The van der Waals surface area contributed by atoms with Gasteiger partial charge >= 0.3 is 5.97 Å². The fraction of sp³-hybridized carbons (Fsp3) is 0.150. The van der Waals surface area contributed by atoms with Crippen LogP contribution in [-0.2, 0) is 6.42 Å². The topological polar surface area (TPSA) is 81.4 Å². The van der Waals surface area contributed by atoms with Crippen molar-refractivity contribution in [3.05, 3.63) is 88.1 Å². The molecule has 6 nitrogen and oxygen atoms in total. The van der Waals surface area contributed by atoms with Gasteiger partial charge in [-0.25, -0.2) is 4.79 Å². The van der Waals surface area contributed by atoms with Crippen molar-refractivity contribution in [1.82, 2.24) is 9.55 Å². The van der Waals surface area contributed by atoms with E-state index in [0.29, 0.717) is 30.0 Å². The fourth-order valence-electron chi connectivity index (χ4n) is 2.61. The Balaban J connectivity index is 1.73. The van der Waals surface area contributed by atoms with Crippen LogP contribution in [0.4, 0.5) is 0 Å². The molecule has 3 aromatic rings. The molecule has 0 spiro atoms. The van der Waals surface area contributed by atoms with Gasteiger partial charge in [0.15, 0.2) is 0 Å². The molecule has 0 fully saturated rings. The predicted octanol–water partition coefficient (Wildman–Crippen LogP) is 2.86. The quantitative estimate of drug-likeness (QED) is 0.739. The standard InChI is InChI=1S/C20H18N2O4/c1-14-9-12-22(19(23)18(14)20(24)25)16-5-7-17(8-6-16)26-13-10-15-4-2-3-11-21-15/h2-9,11-12H,10,13H2,1H3,(H,24,25). The summed E-state index contributed by atoms with van der Waals surface area (Å²) < 4.78 is 7.00. The van der Waals surface area contributed by atoms with Gasteiger partial charge in [0.2, 0.25) is 0 Å². The van der Waals surface area contributed by atoms with Crippen molar-refractivity contribution in [2.75, 3.05) is 6.61 Å². The van der Waals surface area contributed by atoms with E-state index in [-0.39, 0.29) is 5.56 Å². The average Bonchev–Trinajstić information content (AvgIpc) is 2.63. The van der Waals surface area contributed by atoms with E-state index in [1.165, 1.54) is 4.57 Å². The van der Waals surface area contributed by atoms with Crippen LogP contribution in [0.5, 0.6) is 5.75 Å². The van der Waals surface area contributed by atoms with E-state index in [2.05, 4.69) is 4.98 Å². The molecule has 0 amide bonds. The zero-order valence-electron chi connectivity index (χ0n) is 14.3. The van der Waals surface area contributed by atoms with Crippen LogP contribution < -0.4 is 10.3 Å². The molecule has 1 aromatic carbocycles. The number of hydrogen-bond donors (Lipinski definition) is 1. The third-order valence-corrected chi connectivity index (χ3v) is 3.98. The highest BCUT2D eigenvalue weighted by Crippen LogP contribution is 2.15. The number of aromatic carboxylic acids is 1. The molecule has 0 radical (unpaired) electrons. The van der Waals surface area contributed by atoms with Crippen LogP contribution in [0.3, 0.4) is 0 Å². The Hall–Kier alpha value is -3.41. The predicted molar refractivity (Wildman–Crippen MR) is 97.2 cm³/mol. The molecule has 3 rings (SSSR count). The van der Waals surface area contributed by atoms with Crippen LogP contribution in [0.15, 0.2) is 65.7 Å². The van der Waals surface area contributed by atoms with Crippen molar-refractivity contribution in [2.24, 2.45) is 0 Å². The number of pyridine rings is 2. The van der Waals surface area contributed by atoms with Crippen LogP contribution in [0, 0.1) is 6.92 Å². The summed E-state index contributed by atoms with van der Waals surface area (Å²) in [6, 6.07) is 14.3. The summed E-state index contributed by atoms with van der Waals surface area (Å²) in [7, 11) is 0. The van der Waals surface area contributed by atoms with Gasteiger partial charge in [0, 0.05) is 30.2 Å². The summed E-state index contributed by atoms with van der Waals surface area (Å²) in [5.41, 5.74) is 1.20. The second-order valence-corrected chi connectivity index (χ2v) is 5.77. The highest BCUT2D eigenvalue weighted by molar-refractivity contribution is 5.88. The molecule has 0 aliphatic rings.